The molecule has 0 bridgehead atoms. The molecule has 5 heteroatoms. The molecule has 0 spiro atoms. The van der Waals surface area contributed by atoms with E-state index in [1.165, 1.54) is 7.11 Å². The van der Waals surface area contributed by atoms with Gasteiger partial charge < -0.3 is 14.6 Å². The minimum Gasteiger partial charge on any atom is -0.464 e. The topological polar surface area (TPSA) is 60.3 Å². The van der Waals surface area contributed by atoms with Gasteiger partial charge in [-0.15, -0.1) is 0 Å². The maximum absolute atomic E-state index is 12.0. The van der Waals surface area contributed by atoms with E-state index < -0.39 is 5.97 Å². The van der Waals surface area contributed by atoms with Crippen molar-refractivity contribution in [2.45, 2.75) is 26.8 Å². The van der Waals surface area contributed by atoms with E-state index in [2.05, 4.69) is 5.32 Å². The normalized spacial score (nSPS) is 11.8. The zero-order valence-corrected chi connectivity index (χ0v) is 13.7. The number of hydrogen-bond acceptors (Lipinski definition) is 3. The highest BCUT2D eigenvalue weighted by Gasteiger charge is 2.17. The van der Waals surface area contributed by atoms with Gasteiger partial charge in [-0.2, -0.15) is 0 Å². The summed E-state index contributed by atoms with van der Waals surface area (Å²) in [6.45, 7) is 4.37. The Hall–Kier alpha value is -2.56. The van der Waals surface area contributed by atoms with Crippen LogP contribution in [0.4, 0.5) is 5.69 Å². The van der Waals surface area contributed by atoms with Crippen molar-refractivity contribution in [3.63, 3.8) is 0 Å². The molecule has 0 aliphatic heterocycles. The number of carbonyl (C=O) groups is 2. The SMILES string of the molecule is CC[C@@H](C)C(=O)Nc1cc(C(=O)OC)n(Cc2ccccc2)c1. The van der Waals surface area contributed by atoms with Crippen LogP contribution in [0.15, 0.2) is 42.6 Å². The van der Waals surface area contributed by atoms with Gasteiger partial charge in [0, 0.05) is 18.7 Å². The predicted molar refractivity (Wildman–Crippen MR) is 89.4 cm³/mol. The molecule has 0 saturated heterocycles. The fourth-order valence-corrected chi connectivity index (χ4v) is 2.22. The molecule has 0 saturated carbocycles. The molecular weight excluding hydrogens is 292 g/mol. The van der Waals surface area contributed by atoms with Crippen molar-refractivity contribution in [2.24, 2.45) is 5.92 Å². The van der Waals surface area contributed by atoms with Crippen LogP contribution in [-0.2, 0) is 16.1 Å². The highest BCUT2D eigenvalue weighted by atomic mass is 16.5. The Morgan fingerprint density at radius 2 is 1.96 bits per heavy atom. The minimum absolute atomic E-state index is 0.0548. The summed E-state index contributed by atoms with van der Waals surface area (Å²) in [4.78, 5) is 24.0. The molecule has 5 nitrogen and oxygen atoms in total. The van der Waals surface area contributed by atoms with Crippen LogP contribution >= 0.6 is 0 Å². The zero-order valence-electron chi connectivity index (χ0n) is 13.7. The Morgan fingerprint density at radius 3 is 2.57 bits per heavy atom. The van der Waals surface area contributed by atoms with Crippen molar-refractivity contribution in [3.05, 3.63) is 53.9 Å². The monoisotopic (exact) mass is 314 g/mol. The third-order valence-corrected chi connectivity index (χ3v) is 3.81. The van der Waals surface area contributed by atoms with E-state index in [9.17, 15) is 9.59 Å². The summed E-state index contributed by atoms with van der Waals surface area (Å²) in [5.74, 6) is -0.556. The number of carbonyl (C=O) groups excluding carboxylic acids is 2. The highest BCUT2D eigenvalue weighted by molar-refractivity contribution is 5.95. The molecule has 0 aliphatic rings. The van der Waals surface area contributed by atoms with Crippen molar-refractivity contribution in [1.29, 1.82) is 0 Å². The first-order chi connectivity index (χ1) is 11.0. The van der Waals surface area contributed by atoms with Gasteiger partial charge in [0.05, 0.1) is 12.8 Å². The highest BCUT2D eigenvalue weighted by Crippen LogP contribution is 2.18. The van der Waals surface area contributed by atoms with Crippen LogP contribution in [-0.4, -0.2) is 23.6 Å². The maximum atomic E-state index is 12.0. The van der Waals surface area contributed by atoms with Gasteiger partial charge in [-0.05, 0) is 18.1 Å². The van der Waals surface area contributed by atoms with E-state index in [1.807, 2.05) is 44.2 Å². The molecule has 1 aromatic carbocycles. The van der Waals surface area contributed by atoms with E-state index in [-0.39, 0.29) is 11.8 Å². The summed E-state index contributed by atoms with van der Waals surface area (Å²) in [5.41, 5.74) is 2.08. The van der Waals surface area contributed by atoms with E-state index in [0.29, 0.717) is 17.9 Å². The second kappa shape index (κ2) is 7.63. The summed E-state index contributed by atoms with van der Waals surface area (Å²) in [6, 6.07) is 11.5. The number of amides is 1. The fraction of sp³-hybridized carbons (Fsp3) is 0.333. The molecule has 0 unspecified atom stereocenters. The van der Waals surface area contributed by atoms with Gasteiger partial charge in [0.25, 0.3) is 0 Å². The van der Waals surface area contributed by atoms with Gasteiger partial charge in [-0.3, -0.25) is 4.79 Å². The third-order valence-electron chi connectivity index (χ3n) is 3.81. The van der Waals surface area contributed by atoms with Crippen molar-refractivity contribution in [3.8, 4) is 0 Å². The van der Waals surface area contributed by atoms with Gasteiger partial charge in [0.2, 0.25) is 5.91 Å². The molecule has 2 aromatic rings. The van der Waals surface area contributed by atoms with Crippen LogP contribution in [0.3, 0.4) is 0 Å². The predicted octanol–water partition coefficient (Wildman–Crippen LogP) is 3.31. The standard InChI is InChI=1S/C18H22N2O3/c1-4-13(2)17(21)19-15-10-16(18(22)23-3)20(12-15)11-14-8-6-5-7-9-14/h5-10,12-13H,4,11H2,1-3H3,(H,19,21)/t13-/m1/s1. The van der Waals surface area contributed by atoms with Crippen LogP contribution in [0.1, 0.15) is 36.3 Å². The van der Waals surface area contributed by atoms with Gasteiger partial charge in [-0.1, -0.05) is 44.2 Å². The Bertz CT molecular complexity index is 677. The third kappa shape index (κ3) is 4.22. The average molecular weight is 314 g/mol. The number of rotatable bonds is 6. The Labute approximate surface area is 136 Å². The molecule has 2 rings (SSSR count). The summed E-state index contributed by atoms with van der Waals surface area (Å²) in [6.07, 6.45) is 2.53. The Kier molecular flexibility index (Phi) is 5.57. The van der Waals surface area contributed by atoms with Crippen molar-refractivity contribution in [2.75, 3.05) is 12.4 Å². The van der Waals surface area contributed by atoms with Gasteiger partial charge in [-0.25, -0.2) is 4.79 Å². The number of nitrogens with one attached hydrogen (secondary N) is 1. The molecule has 1 heterocycles. The first-order valence-corrected chi connectivity index (χ1v) is 7.68. The van der Waals surface area contributed by atoms with Crippen molar-refractivity contribution < 1.29 is 14.3 Å². The largest absolute Gasteiger partial charge is 0.464 e. The molecule has 1 amide bonds. The molecule has 23 heavy (non-hydrogen) atoms. The number of hydrogen-bond donors (Lipinski definition) is 1. The number of esters is 1. The van der Waals surface area contributed by atoms with Crippen molar-refractivity contribution >= 4 is 17.6 Å². The quantitative estimate of drug-likeness (QED) is 0.832. The van der Waals surface area contributed by atoms with Gasteiger partial charge in [0.1, 0.15) is 5.69 Å². The maximum Gasteiger partial charge on any atom is 0.354 e. The number of ether oxygens (including phenoxy) is 1. The smallest absolute Gasteiger partial charge is 0.354 e. The molecule has 1 aromatic heterocycles. The van der Waals surface area contributed by atoms with E-state index in [4.69, 9.17) is 4.74 Å². The minimum atomic E-state index is -0.426. The number of benzene rings is 1. The molecule has 122 valence electrons. The van der Waals surface area contributed by atoms with Gasteiger partial charge >= 0.3 is 5.97 Å². The molecule has 1 N–H and O–H groups in total. The molecule has 0 fully saturated rings. The van der Waals surface area contributed by atoms with Crippen LogP contribution < -0.4 is 5.32 Å². The van der Waals surface area contributed by atoms with Crippen LogP contribution in [0.5, 0.6) is 0 Å². The van der Waals surface area contributed by atoms with E-state index >= 15 is 0 Å². The number of anilines is 1. The van der Waals surface area contributed by atoms with Crippen LogP contribution in [0.2, 0.25) is 0 Å². The number of methoxy groups -OCH3 is 1. The molecule has 0 aliphatic carbocycles. The molecule has 1 atom stereocenters. The first kappa shape index (κ1) is 16.8. The molecule has 0 radical (unpaired) electrons. The van der Waals surface area contributed by atoms with Crippen LogP contribution in [0.25, 0.3) is 0 Å². The molecular formula is C18H22N2O3. The number of aromatic nitrogens is 1. The zero-order chi connectivity index (χ0) is 16.8. The lowest BCUT2D eigenvalue weighted by Gasteiger charge is -2.08. The summed E-state index contributed by atoms with van der Waals surface area (Å²) in [5, 5.41) is 2.85. The number of nitrogens with zero attached hydrogens (tertiary/aromatic N) is 1. The second-order valence-electron chi connectivity index (χ2n) is 5.52. The summed E-state index contributed by atoms with van der Waals surface area (Å²) in [7, 11) is 1.35. The lowest BCUT2D eigenvalue weighted by Crippen LogP contribution is -2.19. The Morgan fingerprint density at radius 1 is 1.26 bits per heavy atom. The lowest BCUT2D eigenvalue weighted by molar-refractivity contribution is -0.119. The van der Waals surface area contributed by atoms with E-state index in [1.54, 1.807) is 16.8 Å². The first-order valence-electron chi connectivity index (χ1n) is 7.68. The van der Waals surface area contributed by atoms with E-state index in [0.717, 1.165) is 12.0 Å². The average Bonchev–Trinajstić information content (AvgIpc) is 2.96. The fourth-order valence-electron chi connectivity index (χ4n) is 2.22. The summed E-state index contributed by atoms with van der Waals surface area (Å²) < 4.78 is 6.61. The van der Waals surface area contributed by atoms with Crippen molar-refractivity contribution in [1.82, 2.24) is 4.57 Å². The summed E-state index contributed by atoms with van der Waals surface area (Å²) >= 11 is 0. The van der Waals surface area contributed by atoms with Gasteiger partial charge in [0.15, 0.2) is 0 Å². The Balaban J connectivity index is 2.25. The second-order valence-corrected chi connectivity index (χ2v) is 5.52. The lowest BCUT2D eigenvalue weighted by atomic mass is 10.1. The van der Waals surface area contributed by atoms with Crippen LogP contribution in [0, 0.1) is 5.92 Å².